The first-order valence-corrected chi connectivity index (χ1v) is 7.98. The van der Waals surface area contributed by atoms with Crippen LogP contribution in [0.15, 0.2) is 46.9 Å². The molecule has 0 radical (unpaired) electrons. The predicted molar refractivity (Wildman–Crippen MR) is 95.4 cm³/mol. The molecule has 0 bridgehead atoms. The first kappa shape index (κ1) is 17.3. The zero-order chi connectivity index (χ0) is 18.7. The van der Waals surface area contributed by atoms with Gasteiger partial charge >= 0.3 is 0 Å². The molecule has 3 aromatic rings. The number of aromatic hydroxyl groups is 1. The van der Waals surface area contributed by atoms with Crippen molar-refractivity contribution >= 4 is 22.8 Å². The third-order valence-electron chi connectivity index (χ3n) is 3.89. The van der Waals surface area contributed by atoms with Crippen LogP contribution in [0.25, 0.3) is 11.0 Å². The van der Waals surface area contributed by atoms with Crippen LogP contribution in [0.3, 0.4) is 0 Å². The summed E-state index contributed by atoms with van der Waals surface area (Å²) < 4.78 is 11.0. The number of hydrogen-bond acceptors (Lipinski definition) is 5. The fourth-order valence-corrected chi connectivity index (χ4v) is 2.55. The summed E-state index contributed by atoms with van der Waals surface area (Å²) in [5, 5.41) is 13.3. The van der Waals surface area contributed by atoms with E-state index in [2.05, 4.69) is 5.32 Å². The van der Waals surface area contributed by atoms with Gasteiger partial charge in [-0.05, 0) is 36.8 Å². The lowest BCUT2D eigenvalue weighted by Crippen LogP contribution is -2.27. The topological polar surface area (TPSA) is 115 Å². The molecule has 3 rings (SSSR count). The van der Waals surface area contributed by atoms with E-state index in [0.717, 1.165) is 10.9 Å². The van der Waals surface area contributed by atoms with Gasteiger partial charge in [-0.15, -0.1) is 0 Å². The molecule has 0 fully saturated rings. The van der Waals surface area contributed by atoms with Crippen molar-refractivity contribution in [2.45, 2.75) is 6.92 Å². The van der Waals surface area contributed by atoms with Gasteiger partial charge in [0.25, 0.3) is 11.8 Å². The Hall–Kier alpha value is -3.48. The molecule has 4 N–H and O–H groups in total. The number of amides is 2. The van der Waals surface area contributed by atoms with Crippen LogP contribution < -0.4 is 15.8 Å². The summed E-state index contributed by atoms with van der Waals surface area (Å²) in [6.07, 6.45) is 0. The van der Waals surface area contributed by atoms with Crippen molar-refractivity contribution in [1.82, 2.24) is 5.32 Å². The molecule has 0 spiro atoms. The van der Waals surface area contributed by atoms with Gasteiger partial charge < -0.3 is 25.3 Å². The van der Waals surface area contributed by atoms with E-state index in [1.165, 1.54) is 18.2 Å². The molecule has 0 atom stereocenters. The number of carbonyl (C=O) groups is 2. The van der Waals surface area contributed by atoms with Gasteiger partial charge in [0.1, 0.15) is 23.7 Å². The van der Waals surface area contributed by atoms with Crippen LogP contribution in [-0.4, -0.2) is 30.1 Å². The van der Waals surface area contributed by atoms with E-state index >= 15 is 0 Å². The summed E-state index contributed by atoms with van der Waals surface area (Å²) in [7, 11) is 0. The molecular formula is C19H18N2O5. The van der Waals surface area contributed by atoms with Gasteiger partial charge in [-0.1, -0.05) is 12.1 Å². The summed E-state index contributed by atoms with van der Waals surface area (Å²) in [5.41, 5.74) is 6.83. The quantitative estimate of drug-likeness (QED) is 0.588. The fraction of sp³-hybridized carbons (Fsp3) is 0.158. The Kier molecular flexibility index (Phi) is 4.79. The number of ether oxygens (including phenoxy) is 1. The van der Waals surface area contributed by atoms with Crippen LogP contribution in [0.1, 0.15) is 26.5 Å². The molecule has 2 aromatic carbocycles. The Bertz CT molecular complexity index is 977. The van der Waals surface area contributed by atoms with Crippen LogP contribution in [0, 0.1) is 6.92 Å². The SMILES string of the molecule is Cc1cccc2oc(C(=O)NCCOc3ccc(C(N)=O)c(O)c3)cc12. The highest BCUT2D eigenvalue weighted by Gasteiger charge is 2.13. The Morgan fingerprint density at radius 1 is 1.23 bits per heavy atom. The fourth-order valence-electron chi connectivity index (χ4n) is 2.55. The number of hydrogen-bond donors (Lipinski definition) is 3. The van der Waals surface area contributed by atoms with Crippen molar-refractivity contribution < 1.29 is 23.8 Å². The van der Waals surface area contributed by atoms with E-state index < -0.39 is 5.91 Å². The molecule has 134 valence electrons. The van der Waals surface area contributed by atoms with E-state index in [0.29, 0.717) is 11.3 Å². The number of aryl methyl sites for hydroxylation is 1. The van der Waals surface area contributed by atoms with E-state index in [1.54, 1.807) is 6.07 Å². The molecule has 0 saturated carbocycles. The standard InChI is InChI=1S/C19H18N2O5/c1-11-3-2-4-16-14(11)10-17(26-16)19(24)21-7-8-25-12-5-6-13(18(20)23)15(22)9-12/h2-6,9-10,22H,7-8H2,1H3,(H2,20,23)(H,21,24). The maximum absolute atomic E-state index is 12.2. The van der Waals surface area contributed by atoms with Crippen LogP contribution >= 0.6 is 0 Å². The molecule has 0 aliphatic rings. The monoisotopic (exact) mass is 354 g/mol. The Morgan fingerprint density at radius 2 is 2.04 bits per heavy atom. The van der Waals surface area contributed by atoms with E-state index in [9.17, 15) is 14.7 Å². The number of rotatable bonds is 6. The van der Waals surface area contributed by atoms with Crippen LogP contribution in [0.4, 0.5) is 0 Å². The first-order chi connectivity index (χ1) is 12.5. The first-order valence-electron chi connectivity index (χ1n) is 7.98. The highest BCUT2D eigenvalue weighted by molar-refractivity contribution is 5.97. The average molecular weight is 354 g/mol. The van der Waals surface area contributed by atoms with Gasteiger partial charge in [0.05, 0.1) is 12.1 Å². The molecule has 1 aromatic heterocycles. The maximum atomic E-state index is 12.2. The number of benzene rings is 2. The summed E-state index contributed by atoms with van der Waals surface area (Å²) in [6.45, 7) is 2.37. The molecule has 0 saturated heterocycles. The van der Waals surface area contributed by atoms with E-state index in [1.807, 2.05) is 25.1 Å². The number of nitrogens with two attached hydrogens (primary N) is 1. The second kappa shape index (κ2) is 7.18. The second-order valence-electron chi connectivity index (χ2n) is 5.74. The summed E-state index contributed by atoms with van der Waals surface area (Å²) in [4.78, 5) is 23.2. The third kappa shape index (κ3) is 3.61. The van der Waals surface area contributed by atoms with Gasteiger partial charge in [0, 0.05) is 11.5 Å². The smallest absolute Gasteiger partial charge is 0.287 e. The lowest BCUT2D eigenvalue weighted by atomic mass is 10.1. The molecule has 0 aliphatic heterocycles. The maximum Gasteiger partial charge on any atom is 0.287 e. The van der Waals surface area contributed by atoms with Crippen molar-refractivity contribution in [2.24, 2.45) is 5.73 Å². The molecule has 7 nitrogen and oxygen atoms in total. The summed E-state index contributed by atoms with van der Waals surface area (Å²) >= 11 is 0. The summed E-state index contributed by atoms with van der Waals surface area (Å²) in [6, 6.07) is 11.5. The largest absolute Gasteiger partial charge is 0.507 e. The molecular weight excluding hydrogens is 336 g/mol. The van der Waals surface area contributed by atoms with Gasteiger partial charge in [-0.3, -0.25) is 9.59 Å². The predicted octanol–water partition coefficient (Wildman–Crippen LogP) is 2.35. The van der Waals surface area contributed by atoms with Gasteiger partial charge in [0.15, 0.2) is 5.76 Å². The second-order valence-corrected chi connectivity index (χ2v) is 5.74. The van der Waals surface area contributed by atoms with Gasteiger partial charge in [-0.25, -0.2) is 0 Å². The zero-order valence-corrected chi connectivity index (χ0v) is 14.1. The zero-order valence-electron chi connectivity index (χ0n) is 14.1. The van der Waals surface area contributed by atoms with E-state index in [4.69, 9.17) is 14.9 Å². The number of furan rings is 1. The van der Waals surface area contributed by atoms with Crippen molar-refractivity contribution in [3.63, 3.8) is 0 Å². The number of phenols is 1. The highest BCUT2D eigenvalue weighted by atomic mass is 16.5. The molecule has 2 amide bonds. The Balaban J connectivity index is 1.54. The minimum absolute atomic E-state index is 0.0193. The van der Waals surface area contributed by atoms with Crippen LogP contribution in [0.2, 0.25) is 0 Å². The molecule has 26 heavy (non-hydrogen) atoms. The lowest BCUT2D eigenvalue weighted by molar-refractivity contribution is 0.0920. The highest BCUT2D eigenvalue weighted by Crippen LogP contribution is 2.23. The average Bonchev–Trinajstić information content (AvgIpc) is 3.04. The van der Waals surface area contributed by atoms with Crippen LogP contribution in [0.5, 0.6) is 11.5 Å². The molecule has 0 aliphatic carbocycles. The van der Waals surface area contributed by atoms with Crippen molar-refractivity contribution in [2.75, 3.05) is 13.2 Å². The minimum atomic E-state index is -0.720. The van der Waals surface area contributed by atoms with Gasteiger partial charge in [-0.2, -0.15) is 0 Å². The van der Waals surface area contributed by atoms with Gasteiger partial charge in [0.2, 0.25) is 0 Å². The van der Waals surface area contributed by atoms with Crippen molar-refractivity contribution in [3.05, 3.63) is 59.4 Å². The lowest BCUT2D eigenvalue weighted by Gasteiger charge is -2.08. The Morgan fingerprint density at radius 3 is 2.73 bits per heavy atom. The molecule has 7 heteroatoms. The minimum Gasteiger partial charge on any atom is -0.507 e. The molecule has 1 heterocycles. The van der Waals surface area contributed by atoms with Crippen molar-refractivity contribution in [3.8, 4) is 11.5 Å². The number of primary amides is 1. The third-order valence-corrected chi connectivity index (χ3v) is 3.89. The number of nitrogens with one attached hydrogen (secondary N) is 1. The van der Waals surface area contributed by atoms with E-state index in [-0.39, 0.29) is 36.1 Å². The Labute approximate surface area is 149 Å². The number of carbonyl (C=O) groups excluding carboxylic acids is 2. The van der Waals surface area contributed by atoms with Crippen LogP contribution in [-0.2, 0) is 0 Å². The normalized spacial score (nSPS) is 10.7. The number of fused-ring (bicyclic) bond motifs is 1. The van der Waals surface area contributed by atoms with Crippen molar-refractivity contribution in [1.29, 1.82) is 0 Å². The molecule has 0 unspecified atom stereocenters. The summed E-state index contributed by atoms with van der Waals surface area (Å²) in [5.74, 6) is -0.714.